The second-order valence-electron chi connectivity index (χ2n) is 3.31. The van der Waals surface area contributed by atoms with Gasteiger partial charge >= 0.3 is 0 Å². The molecule has 0 aliphatic carbocycles. The van der Waals surface area contributed by atoms with Crippen LogP contribution in [0.4, 0.5) is 0 Å². The van der Waals surface area contributed by atoms with Gasteiger partial charge < -0.3 is 30.3 Å². The predicted octanol–water partition coefficient (Wildman–Crippen LogP) is -2.63. The summed E-state index contributed by atoms with van der Waals surface area (Å²) in [6.07, 6.45) is -4.58. The molecule has 1 aliphatic rings. The van der Waals surface area contributed by atoms with Crippen molar-refractivity contribution in [3.8, 4) is 0 Å². The third-order valence-corrected chi connectivity index (χ3v) is 2.41. The van der Waals surface area contributed by atoms with Gasteiger partial charge in [-0.25, -0.2) is 0 Å². The Balaban J connectivity index is 2.84. The highest BCUT2D eigenvalue weighted by atomic mass is 16.7. The van der Waals surface area contributed by atoms with Crippen LogP contribution in [0.1, 0.15) is 6.92 Å². The molecule has 6 heteroatoms. The molecular weight excluding hydrogens is 192 g/mol. The lowest BCUT2D eigenvalue weighted by Gasteiger charge is -2.44. The second-order valence-corrected chi connectivity index (χ2v) is 3.31. The fourth-order valence-electron chi connectivity index (χ4n) is 1.42. The molecule has 14 heavy (non-hydrogen) atoms. The molecule has 1 aliphatic heterocycles. The molecule has 0 amide bonds. The Morgan fingerprint density at radius 3 is 2.29 bits per heavy atom. The van der Waals surface area contributed by atoms with Crippen LogP contribution < -0.4 is 0 Å². The third kappa shape index (κ3) is 1.77. The van der Waals surface area contributed by atoms with Crippen molar-refractivity contribution in [2.45, 2.75) is 37.1 Å². The zero-order valence-corrected chi connectivity index (χ0v) is 7.74. The lowest BCUT2D eigenvalue weighted by atomic mass is 9.91. The average molecular weight is 207 g/mol. The Morgan fingerprint density at radius 2 is 1.86 bits per heavy atom. The van der Waals surface area contributed by atoms with Crippen molar-refractivity contribution in [3.63, 3.8) is 0 Å². The summed E-state index contributed by atoms with van der Waals surface area (Å²) in [7, 11) is 0. The van der Waals surface area contributed by atoms with Crippen molar-refractivity contribution in [2.75, 3.05) is 6.61 Å². The van der Waals surface area contributed by atoms with Gasteiger partial charge in [0.05, 0.1) is 6.61 Å². The van der Waals surface area contributed by atoms with Crippen molar-refractivity contribution in [2.24, 2.45) is 0 Å². The molecule has 83 valence electrons. The number of hydrogen-bond acceptors (Lipinski definition) is 6. The lowest BCUT2D eigenvalue weighted by molar-refractivity contribution is -0.333. The molecule has 1 rings (SSSR count). The normalized spacial score (nSPS) is 49.3. The van der Waals surface area contributed by atoms with Crippen LogP contribution in [-0.2, 0) is 4.74 Å². The summed E-state index contributed by atoms with van der Waals surface area (Å²) in [5.74, 6) is -2.04. The molecule has 1 saturated heterocycles. The van der Waals surface area contributed by atoms with Gasteiger partial charge in [-0.3, -0.25) is 0 Å². The molecule has 5 atom stereocenters. The smallest absolute Gasteiger partial charge is 0.198 e. The van der Waals surface area contributed by atoms with E-state index in [0.717, 1.165) is 6.42 Å². The fourth-order valence-corrected chi connectivity index (χ4v) is 1.42. The first-order chi connectivity index (χ1) is 6.46. The minimum Gasteiger partial charge on any atom is -0.394 e. The van der Waals surface area contributed by atoms with E-state index in [1.807, 2.05) is 0 Å². The molecule has 5 N–H and O–H groups in total. The molecule has 0 aromatic heterocycles. The molecule has 0 unspecified atom stereocenters. The van der Waals surface area contributed by atoms with Crippen LogP contribution in [0.5, 0.6) is 0 Å². The van der Waals surface area contributed by atoms with Crippen LogP contribution in [-0.4, -0.2) is 62.3 Å². The molecule has 6 nitrogen and oxygen atoms in total. The summed E-state index contributed by atoms with van der Waals surface area (Å²) in [6.45, 7) is 0.878. The Labute approximate surface area is 81.4 Å². The number of aliphatic hydroxyl groups excluding tert-OH is 4. The zero-order chi connectivity index (χ0) is 10.9. The number of ether oxygens (including phenoxy) is 1. The van der Waals surface area contributed by atoms with Gasteiger partial charge in [0.25, 0.3) is 0 Å². The molecule has 0 saturated carbocycles. The highest BCUT2D eigenvalue weighted by Gasteiger charge is 2.51. The molecule has 0 spiro atoms. The summed E-state index contributed by atoms with van der Waals surface area (Å²) < 4.78 is 4.86. The van der Waals surface area contributed by atoms with E-state index in [1.165, 1.54) is 6.92 Å². The molecule has 1 radical (unpaired) electrons. The lowest BCUT2D eigenvalue weighted by Crippen LogP contribution is -2.65. The van der Waals surface area contributed by atoms with Gasteiger partial charge in [0.1, 0.15) is 24.4 Å². The van der Waals surface area contributed by atoms with Crippen molar-refractivity contribution < 1.29 is 30.3 Å². The summed E-state index contributed by atoms with van der Waals surface area (Å²) in [4.78, 5) is 0. The van der Waals surface area contributed by atoms with Gasteiger partial charge in [-0.15, -0.1) is 0 Å². The minimum absolute atomic E-state index is 0.554. The van der Waals surface area contributed by atoms with E-state index in [9.17, 15) is 20.4 Å². The Morgan fingerprint density at radius 1 is 1.29 bits per heavy atom. The molecule has 0 bridgehead atoms. The van der Waals surface area contributed by atoms with Crippen molar-refractivity contribution >= 4 is 0 Å². The van der Waals surface area contributed by atoms with E-state index < -0.39 is 36.8 Å². The summed E-state index contributed by atoms with van der Waals surface area (Å²) in [5.41, 5.74) is 0. The predicted molar refractivity (Wildman–Crippen MR) is 44.9 cm³/mol. The van der Waals surface area contributed by atoms with Crippen LogP contribution in [0, 0.1) is 6.42 Å². The van der Waals surface area contributed by atoms with Gasteiger partial charge in [0, 0.05) is 6.42 Å². The monoisotopic (exact) mass is 207 g/mol. The van der Waals surface area contributed by atoms with Gasteiger partial charge in [-0.2, -0.15) is 0 Å². The van der Waals surface area contributed by atoms with E-state index in [1.54, 1.807) is 0 Å². The highest BCUT2D eigenvalue weighted by molar-refractivity contribution is 5.00. The topological polar surface area (TPSA) is 110 Å². The number of aliphatic hydroxyl groups is 5. The van der Waals surface area contributed by atoms with Gasteiger partial charge in [-0.1, -0.05) is 6.92 Å². The first-order valence-electron chi connectivity index (χ1n) is 4.32. The van der Waals surface area contributed by atoms with E-state index >= 15 is 0 Å². The summed E-state index contributed by atoms with van der Waals surface area (Å²) >= 11 is 0. The summed E-state index contributed by atoms with van der Waals surface area (Å²) in [5, 5.41) is 46.5. The van der Waals surface area contributed by atoms with E-state index in [-0.39, 0.29) is 0 Å². The first kappa shape index (κ1) is 11.8. The Bertz CT molecular complexity index is 196. The highest BCUT2D eigenvalue weighted by Crippen LogP contribution is 2.29. The van der Waals surface area contributed by atoms with Crippen LogP contribution in [0.3, 0.4) is 0 Å². The van der Waals surface area contributed by atoms with Crippen molar-refractivity contribution in [1.29, 1.82) is 0 Å². The SMILES string of the molecule is C[CH][C@@]1(O)O[C@H](CO)[C@@H](O)[C@H](O)[C@@H]1O. The van der Waals surface area contributed by atoms with Crippen LogP contribution in [0.2, 0.25) is 0 Å². The van der Waals surface area contributed by atoms with E-state index in [0.29, 0.717) is 0 Å². The second kappa shape index (κ2) is 4.09. The third-order valence-electron chi connectivity index (χ3n) is 2.41. The molecule has 1 heterocycles. The Hall–Kier alpha value is -0.240. The molecular formula is C8H15O6. The van der Waals surface area contributed by atoms with Crippen LogP contribution in [0.15, 0.2) is 0 Å². The maximum atomic E-state index is 9.63. The van der Waals surface area contributed by atoms with Gasteiger partial charge in [0.2, 0.25) is 0 Å². The van der Waals surface area contributed by atoms with E-state index in [2.05, 4.69) is 0 Å². The largest absolute Gasteiger partial charge is 0.394 e. The molecule has 0 aromatic rings. The van der Waals surface area contributed by atoms with Gasteiger partial charge in [0.15, 0.2) is 5.79 Å². The first-order valence-corrected chi connectivity index (χ1v) is 4.32. The quantitative estimate of drug-likeness (QED) is 0.339. The fraction of sp³-hybridized carbons (Fsp3) is 0.875. The average Bonchev–Trinajstić information content (AvgIpc) is 2.20. The maximum Gasteiger partial charge on any atom is 0.198 e. The molecule has 1 fully saturated rings. The van der Waals surface area contributed by atoms with E-state index in [4.69, 9.17) is 9.84 Å². The van der Waals surface area contributed by atoms with Crippen molar-refractivity contribution in [1.82, 2.24) is 0 Å². The van der Waals surface area contributed by atoms with Gasteiger partial charge in [-0.05, 0) is 0 Å². The maximum absolute atomic E-state index is 9.63. The van der Waals surface area contributed by atoms with Crippen LogP contribution in [0.25, 0.3) is 0 Å². The number of hydrogen-bond donors (Lipinski definition) is 5. The summed E-state index contributed by atoms with van der Waals surface area (Å²) in [6, 6.07) is 0. The minimum atomic E-state index is -2.04. The standard InChI is InChI=1S/C8H15O6/c1-2-8(13)7(12)6(11)5(10)4(3-9)14-8/h2,4-7,9-13H,3H2,1H3/t4-,5-,6+,7+,8-/m1/s1. The zero-order valence-electron chi connectivity index (χ0n) is 7.74. The van der Waals surface area contributed by atoms with Crippen molar-refractivity contribution in [3.05, 3.63) is 6.42 Å². The number of rotatable bonds is 2. The Kier molecular flexibility index (Phi) is 3.46. The molecule has 0 aromatic carbocycles. The van der Waals surface area contributed by atoms with Crippen LogP contribution >= 0.6 is 0 Å².